The fourth-order valence-corrected chi connectivity index (χ4v) is 1.68. The molecule has 1 aromatic heterocycles. The zero-order chi connectivity index (χ0) is 11.4. The second kappa shape index (κ2) is 5.13. The molecular formula is C8H12BrN3O3. The molecule has 0 aliphatic heterocycles. The molecule has 0 saturated carbocycles. The average molecular weight is 278 g/mol. The van der Waals surface area contributed by atoms with Crippen LogP contribution < -0.4 is 5.32 Å². The number of nitrogens with one attached hydrogen (secondary N) is 1. The van der Waals surface area contributed by atoms with Gasteiger partial charge in [-0.05, 0) is 28.9 Å². The van der Waals surface area contributed by atoms with E-state index in [0.29, 0.717) is 16.8 Å². The Hall–Kier alpha value is -1.08. The van der Waals surface area contributed by atoms with E-state index in [4.69, 9.17) is 10.2 Å². The van der Waals surface area contributed by atoms with E-state index in [-0.39, 0.29) is 12.6 Å². The van der Waals surface area contributed by atoms with Gasteiger partial charge in [-0.15, -0.1) is 0 Å². The molecule has 0 saturated heterocycles. The number of nitrogens with zero attached hydrogens (tertiary/aromatic N) is 2. The lowest BCUT2D eigenvalue weighted by Gasteiger charge is -2.12. The molecule has 1 unspecified atom stereocenters. The fourth-order valence-electron chi connectivity index (χ4n) is 1.22. The molecule has 0 bridgehead atoms. The van der Waals surface area contributed by atoms with Crippen LogP contribution in [0.4, 0.5) is 4.79 Å². The molecule has 15 heavy (non-hydrogen) atoms. The number of aliphatic hydroxyl groups is 1. The Labute approximate surface area is 95.0 Å². The summed E-state index contributed by atoms with van der Waals surface area (Å²) in [6.07, 6.45) is -1.07. The first kappa shape index (κ1) is 12.0. The Bertz CT molecular complexity index is 353. The number of rotatable bonds is 4. The van der Waals surface area contributed by atoms with Crippen molar-refractivity contribution in [2.45, 2.75) is 26.1 Å². The highest BCUT2D eigenvalue weighted by Crippen LogP contribution is 2.11. The molecular weight excluding hydrogens is 266 g/mol. The summed E-state index contributed by atoms with van der Waals surface area (Å²) >= 11 is 3.18. The highest BCUT2D eigenvalue weighted by Gasteiger charge is 2.10. The molecule has 1 atom stereocenters. The Kier molecular flexibility index (Phi) is 4.10. The first-order valence-electron chi connectivity index (χ1n) is 4.35. The summed E-state index contributed by atoms with van der Waals surface area (Å²) in [5.74, 6) is 0. The molecule has 0 fully saturated rings. The van der Waals surface area contributed by atoms with Crippen molar-refractivity contribution in [2.24, 2.45) is 0 Å². The lowest BCUT2D eigenvalue weighted by atomic mass is 10.3. The van der Waals surface area contributed by atoms with Gasteiger partial charge in [0.1, 0.15) is 4.60 Å². The lowest BCUT2D eigenvalue weighted by molar-refractivity contribution is 0.188. The minimum Gasteiger partial charge on any atom is -0.465 e. The van der Waals surface area contributed by atoms with Crippen molar-refractivity contribution in [3.8, 4) is 0 Å². The topological polar surface area (TPSA) is 87.4 Å². The van der Waals surface area contributed by atoms with E-state index < -0.39 is 6.09 Å². The average Bonchev–Trinajstić information content (AvgIpc) is 2.44. The van der Waals surface area contributed by atoms with E-state index in [2.05, 4.69) is 26.3 Å². The zero-order valence-corrected chi connectivity index (χ0v) is 9.73. The predicted octanol–water partition coefficient (Wildman–Crippen LogP) is 0.794. The molecule has 0 radical (unpaired) electrons. The van der Waals surface area contributed by atoms with Gasteiger partial charge in [-0.25, -0.2) is 4.79 Å². The molecule has 0 aliphatic carbocycles. The number of carbonyl (C=O) groups is 1. The third-order valence-electron chi connectivity index (χ3n) is 1.81. The van der Waals surface area contributed by atoms with E-state index in [9.17, 15) is 4.79 Å². The van der Waals surface area contributed by atoms with Crippen LogP contribution in [-0.2, 0) is 13.2 Å². The van der Waals surface area contributed by atoms with Crippen LogP contribution in [0.3, 0.4) is 0 Å². The number of hydrogen-bond donors (Lipinski definition) is 3. The predicted molar refractivity (Wildman–Crippen MR) is 56.5 cm³/mol. The normalized spacial score (nSPS) is 12.5. The van der Waals surface area contributed by atoms with Crippen molar-refractivity contribution in [3.05, 3.63) is 16.4 Å². The van der Waals surface area contributed by atoms with Crippen LogP contribution in [0.1, 0.15) is 12.6 Å². The Morgan fingerprint density at radius 1 is 1.80 bits per heavy atom. The lowest BCUT2D eigenvalue weighted by Crippen LogP contribution is -2.35. The van der Waals surface area contributed by atoms with Gasteiger partial charge in [-0.2, -0.15) is 5.10 Å². The van der Waals surface area contributed by atoms with Crippen LogP contribution in [0.2, 0.25) is 0 Å². The van der Waals surface area contributed by atoms with E-state index in [1.807, 2.05) is 0 Å². The first-order chi connectivity index (χ1) is 7.02. The zero-order valence-electron chi connectivity index (χ0n) is 8.14. The third kappa shape index (κ3) is 3.52. The van der Waals surface area contributed by atoms with Gasteiger partial charge >= 0.3 is 6.09 Å². The third-order valence-corrected chi connectivity index (χ3v) is 2.20. The van der Waals surface area contributed by atoms with Gasteiger partial charge in [-0.1, -0.05) is 0 Å². The van der Waals surface area contributed by atoms with E-state index >= 15 is 0 Å². The first-order valence-corrected chi connectivity index (χ1v) is 5.14. The molecule has 1 aromatic rings. The standard InChI is InChI=1S/C8H12BrN3O3/c1-5(10-8(14)15)3-12-6(4-13)2-7(9)11-12/h2,5,10,13H,3-4H2,1H3,(H,14,15). The van der Waals surface area contributed by atoms with E-state index in [1.54, 1.807) is 17.7 Å². The number of amides is 1. The van der Waals surface area contributed by atoms with Crippen LogP contribution in [-0.4, -0.2) is 32.1 Å². The monoisotopic (exact) mass is 277 g/mol. The van der Waals surface area contributed by atoms with Crippen molar-refractivity contribution in [3.63, 3.8) is 0 Å². The second-order valence-electron chi connectivity index (χ2n) is 3.15. The highest BCUT2D eigenvalue weighted by atomic mass is 79.9. The maximum absolute atomic E-state index is 10.4. The minimum absolute atomic E-state index is 0.127. The smallest absolute Gasteiger partial charge is 0.404 e. The number of carboxylic acid groups (broad SMARTS) is 1. The van der Waals surface area contributed by atoms with Crippen LogP contribution in [0, 0.1) is 0 Å². The molecule has 0 spiro atoms. The Morgan fingerprint density at radius 2 is 2.47 bits per heavy atom. The van der Waals surface area contributed by atoms with Gasteiger partial charge in [-0.3, -0.25) is 4.68 Å². The van der Waals surface area contributed by atoms with Gasteiger partial charge in [0.15, 0.2) is 0 Å². The highest BCUT2D eigenvalue weighted by molar-refractivity contribution is 9.10. The molecule has 0 aromatic carbocycles. The maximum atomic E-state index is 10.4. The number of aliphatic hydroxyl groups excluding tert-OH is 1. The van der Waals surface area contributed by atoms with Crippen molar-refractivity contribution in [1.82, 2.24) is 15.1 Å². The number of aromatic nitrogens is 2. The maximum Gasteiger partial charge on any atom is 0.404 e. The van der Waals surface area contributed by atoms with Gasteiger partial charge in [0.25, 0.3) is 0 Å². The van der Waals surface area contributed by atoms with E-state index in [0.717, 1.165) is 0 Å². The molecule has 0 aliphatic rings. The SMILES string of the molecule is CC(Cn1nc(Br)cc1CO)NC(=O)O. The van der Waals surface area contributed by atoms with Crippen LogP contribution in [0.5, 0.6) is 0 Å². The fraction of sp³-hybridized carbons (Fsp3) is 0.500. The van der Waals surface area contributed by atoms with Gasteiger partial charge in [0.2, 0.25) is 0 Å². The molecule has 1 amide bonds. The quantitative estimate of drug-likeness (QED) is 0.760. The van der Waals surface area contributed by atoms with Crippen molar-refractivity contribution >= 4 is 22.0 Å². The number of halogens is 1. The molecule has 6 nitrogen and oxygen atoms in total. The van der Waals surface area contributed by atoms with Gasteiger partial charge in [0.05, 0.1) is 18.8 Å². The molecule has 3 N–H and O–H groups in total. The summed E-state index contributed by atoms with van der Waals surface area (Å²) in [7, 11) is 0. The summed E-state index contributed by atoms with van der Waals surface area (Å²) in [6.45, 7) is 1.98. The molecule has 1 heterocycles. The molecule has 1 rings (SSSR count). The Morgan fingerprint density at radius 3 is 3.00 bits per heavy atom. The Balaban J connectivity index is 2.66. The summed E-state index contributed by atoms with van der Waals surface area (Å²) < 4.78 is 2.18. The van der Waals surface area contributed by atoms with Gasteiger partial charge < -0.3 is 15.5 Å². The number of hydrogen-bond acceptors (Lipinski definition) is 3. The summed E-state index contributed by atoms with van der Waals surface area (Å²) in [5, 5.41) is 23.9. The largest absolute Gasteiger partial charge is 0.465 e. The van der Waals surface area contributed by atoms with Gasteiger partial charge in [0, 0.05) is 6.04 Å². The summed E-state index contributed by atoms with van der Waals surface area (Å²) in [6, 6.07) is 1.42. The summed E-state index contributed by atoms with van der Waals surface area (Å²) in [4.78, 5) is 10.4. The van der Waals surface area contributed by atoms with Crippen LogP contribution in [0.25, 0.3) is 0 Å². The van der Waals surface area contributed by atoms with Crippen LogP contribution >= 0.6 is 15.9 Å². The minimum atomic E-state index is -1.07. The molecule has 84 valence electrons. The second-order valence-corrected chi connectivity index (χ2v) is 3.96. The van der Waals surface area contributed by atoms with Crippen molar-refractivity contribution in [2.75, 3.05) is 0 Å². The van der Waals surface area contributed by atoms with Crippen LogP contribution in [0.15, 0.2) is 10.7 Å². The molecule has 7 heteroatoms. The van der Waals surface area contributed by atoms with Crippen molar-refractivity contribution in [1.29, 1.82) is 0 Å². The summed E-state index contributed by atoms with van der Waals surface area (Å²) in [5.41, 5.74) is 0.640. The van der Waals surface area contributed by atoms with E-state index in [1.165, 1.54) is 0 Å². The van der Waals surface area contributed by atoms with Crippen molar-refractivity contribution < 1.29 is 15.0 Å².